The Hall–Kier alpha value is -0.920. The Morgan fingerprint density at radius 2 is 2.22 bits per heavy atom. The summed E-state index contributed by atoms with van der Waals surface area (Å²) >= 11 is 0. The molecule has 1 aliphatic rings. The molecule has 0 spiro atoms. The molecule has 0 radical (unpaired) electrons. The molecule has 0 fully saturated rings. The number of aliphatic imine (C=N–C) groups is 1. The summed E-state index contributed by atoms with van der Waals surface area (Å²) < 4.78 is 0. The van der Waals surface area contributed by atoms with Crippen molar-refractivity contribution in [3.63, 3.8) is 0 Å². The van der Waals surface area contributed by atoms with E-state index in [2.05, 4.69) is 4.99 Å². The minimum absolute atomic E-state index is 0.0648. The average Bonchev–Trinajstić information content (AvgIpc) is 1.77. The lowest BCUT2D eigenvalue weighted by Crippen LogP contribution is -2.21. The van der Waals surface area contributed by atoms with E-state index in [-0.39, 0.29) is 11.3 Å². The summed E-state index contributed by atoms with van der Waals surface area (Å²) in [6.07, 6.45) is 5.16. The molecule has 0 aromatic carbocycles. The molecule has 1 heterocycles. The fourth-order valence-corrected chi connectivity index (χ4v) is 0.632. The number of hydrogen-bond donors (Lipinski definition) is 0. The van der Waals surface area contributed by atoms with E-state index in [1.54, 1.807) is 6.08 Å². The van der Waals surface area contributed by atoms with Crippen LogP contribution in [0.2, 0.25) is 0 Å². The second kappa shape index (κ2) is 1.79. The highest BCUT2D eigenvalue weighted by Gasteiger charge is 2.24. The Bertz CT molecular complexity index is 189. The van der Waals surface area contributed by atoms with Crippen molar-refractivity contribution in [3.8, 4) is 0 Å². The first-order valence-electron chi connectivity index (χ1n) is 2.89. The summed E-state index contributed by atoms with van der Waals surface area (Å²) in [6, 6.07) is 0. The number of amides is 1. The Balaban J connectivity index is 2.91. The van der Waals surface area contributed by atoms with Gasteiger partial charge in [0.2, 0.25) is 0 Å². The number of allylic oxidation sites excluding steroid dienone is 1. The van der Waals surface area contributed by atoms with Crippen molar-refractivity contribution in [3.05, 3.63) is 12.2 Å². The highest BCUT2D eigenvalue weighted by molar-refractivity contribution is 5.96. The van der Waals surface area contributed by atoms with E-state index in [1.165, 1.54) is 6.21 Å². The maximum Gasteiger partial charge on any atom is 0.255 e. The molecule has 0 aromatic heterocycles. The van der Waals surface area contributed by atoms with E-state index in [9.17, 15) is 4.79 Å². The van der Waals surface area contributed by atoms with Crippen molar-refractivity contribution < 1.29 is 4.79 Å². The molecular formula is C7H9NO. The van der Waals surface area contributed by atoms with Crippen molar-refractivity contribution in [1.82, 2.24) is 0 Å². The van der Waals surface area contributed by atoms with Crippen LogP contribution in [-0.4, -0.2) is 12.1 Å². The quantitative estimate of drug-likeness (QED) is 0.475. The standard InChI is InChI=1S/C7H9NO/c1-7(2)4-3-5-8-6(7)9/h3-5H,1-2H3. The van der Waals surface area contributed by atoms with Crippen molar-refractivity contribution in [2.45, 2.75) is 13.8 Å². The smallest absolute Gasteiger partial charge is 0.255 e. The number of carbonyl (C=O) groups is 1. The van der Waals surface area contributed by atoms with Gasteiger partial charge in [-0.2, -0.15) is 0 Å². The lowest BCUT2D eigenvalue weighted by atomic mass is 9.91. The van der Waals surface area contributed by atoms with Gasteiger partial charge in [-0.1, -0.05) is 6.08 Å². The van der Waals surface area contributed by atoms with Crippen LogP contribution in [0.25, 0.3) is 0 Å². The molecule has 0 aromatic rings. The zero-order valence-electron chi connectivity index (χ0n) is 5.59. The normalized spacial score (nSPS) is 22.7. The van der Waals surface area contributed by atoms with Gasteiger partial charge in [-0.15, -0.1) is 0 Å². The zero-order chi connectivity index (χ0) is 6.91. The van der Waals surface area contributed by atoms with E-state index in [0.29, 0.717) is 0 Å². The van der Waals surface area contributed by atoms with Gasteiger partial charge in [0.15, 0.2) is 0 Å². The predicted octanol–water partition coefficient (Wildman–Crippen LogP) is 1.18. The molecule has 1 rings (SSSR count). The number of dihydropyridines is 1. The van der Waals surface area contributed by atoms with Crippen molar-refractivity contribution in [1.29, 1.82) is 0 Å². The summed E-state index contributed by atoms with van der Waals surface area (Å²) in [4.78, 5) is 14.5. The molecule has 0 unspecified atom stereocenters. The molecule has 48 valence electrons. The van der Waals surface area contributed by atoms with E-state index >= 15 is 0 Å². The maximum atomic E-state index is 10.9. The maximum absolute atomic E-state index is 10.9. The van der Waals surface area contributed by atoms with Crippen molar-refractivity contribution in [2.24, 2.45) is 10.4 Å². The summed E-state index contributed by atoms with van der Waals surface area (Å²) in [5.74, 6) is -0.0648. The van der Waals surface area contributed by atoms with Gasteiger partial charge in [0.1, 0.15) is 0 Å². The highest BCUT2D eigenvalue weighted by atomic mass is 16.1. The minimum Gasteiger partial charge on any atom is -0.272 e. The van der Waals surface area contributed by atoms with Gasteiger partial charge in [0.05, 0.1) is 5.41 Å². The molecule has 1 amide bonds. The third-order valence-electron chi connectivity index (χ3n) is 1.34. The first-order chi connectivity index (χ1) is 4.13. The minimum atomic E-state index is -0.380. The van der Waals surface area contributed by atoms with Gasteiger partial charge in [0.25, 0.3) is 5.91 Å². The molecule has 9 heavy (non-hydrogen) atoms. The fourth-order valence-electron chi connectivity index (χ4n) is 0.632. The van der Waals surface area contributed by atoms with Crippen LogP contribution in [0.4, 0.5) is 0 Å². The van der Waals surface area contributed by atoms with Crippen LogP contribution in [0, 0.1) is 5.41 Å². The van der Waals surface area contributed by atoms with E-state index in [0.717, 1.165) is 0 Å². The molecule has 0 atom stereocenters. The SMILES string of the molecule is CC1(C)C=CC=NC1=O. The summed E-state index contributed by atoms with van der Waals surface area (Å²) in [5, 5.41) is 0. The highest BCUT2D eigenvalue weighted by Crippen LogP contribution is 2.20. The van der Waals surface area contributed by atoms with E-state index < -0.39 is 0 Å². The molecule has 0 bridgehead atoms. The second-order valence-corrected chi connectivity index (χ2v) is 2.66. The Labute approximate surface area is 54.3 Å². The van der Waals surface area contributed by atoms with Crippen LogP contribution in [0.3, 0.4) is 0 Å². The van der Waals surface area contributed by atoms with Gasteiger partial charge in [-0.25, -0.2) is 4.99 Å². The van der Waals surface area contributed by atoms with Gasteiger partial charge >= 0.3 is 0 Å². The van der Waals surface area contributed by atoms with Gasteiger partial charge in [-0.05, 0) is 19.9 Å². The Kier molecular flexibility index (Phi) is 1.24. The van der Waals surface area contributed by atoms with Gasteiger partial charge in [-0.3, -0.25) is 4.79 Å². The summed E-state index contributed by atoms with van der Waals surface area (Å²) in [5.41, 5.74) is -0.380. The molecule has 0 saturated carbocycles. The third-order valence-corrected chi connectivity index (χ3v) is 1.34. The van der Waals surface area contributed by atoms with Gasteiger partial charge in [0, 0.05) is 6.21 Å². The molecule has 0 N–H and O–H groups in total. The van der Waals surface area contributed by atoms with Crippen LogP contribution in [0.15, 0.2) is 17.1 Å². The van der Waals surface area contributed by atoms with Crippen LogP contribution >= 0.6 is 0 Å². The lowest BCUT2D eigenvalue weighted by molar-refractivity contribution is -0.123. The molecule has 2 heteroatoms. The van der Waals surface area contributed by atoms with Crippen LogP contribution < -0.4 is 0 Å². The first kappa shape index (κ1) is 6.20. The zero-order valence-corrected chi connectivity index (χ0v) is 5.59. The Morgan fingerprint density at radius 3 is 2.56 bits per heavy atom. The summed E-state index contributed by atoms with van der Waals surface area (Å²) in [7, 11) is 0. The number of nitrogens with zero attached hydrogens (tertiary/aromatic N) is 1. The largest absolute Gasteiger partial charge is 0.272 e. The third kappa shape index (κ3) is 1.07. The number of hydrogen-bond acceptors (Lipinski definition) is 1. The van der Waals surface area contributed by atoms with Crippen LogP contribution in [0.5, 0.6) is 0 Å². The molecule has 1 aliphatic heterocycles. The van der Waals surface area contributed by atoms with Crippen LogP contribution in [0.1, 0.15) is 13.8 Å². The van der Waals surface area contributed by atoms with Crippen molar-refractivity contribution in [2.75, 3.05) is 0 Å². The Morgan fingerprint density at radius 1 is 1.56 bits per heavy atom. The second-order valence-electron chi connectivity index (χ2n) is 2.66. The van der Waals surface area contributed by atoms with Gasteiger partial charge < -0.3 is 0 Å². The monoisotopic (exact) mass is 123 g/mol. The molecule has 2 nitrogen and oxygen atoms in total. The fraction of sp³-hybridized carbons (Fsp3) is 0.429. The summed E-state index contributed by atoms with van der Waals surface area (Å²) in [6.45, 7) is 3.70. The van der Waals surface area contributed by atoms with Crippen molar-refractivity contribution >= 4 is 12.1 Å². The van der Waals surface area contributed by atoms with E-state index in [1.807, 2.05) is 19.9 Å². The predicted molar refractivity (Wildman–Crippen MR) is 36.4 cm³/mol. The van der Waals surface area contributed by atoms with E-state index in [4.69, 9.17) is 0 Å². The average molecular weight is 123 g/mol. The number of rotatable bonds is 0. The lowest BCUT2D eigenvalue weighted by Gasteiger charge is -2.16. The molecule has 0 aliphatic carbocycles. The van der Waals surface area contributed by atoms with Crippen LogP contribution in [-0.2, 0) is 4.79 Å². The topological polar surface area (TPSA) is 29.4 Å². The first-order valence-corrected chi connectivity index (χ1v) is 2.89. The molecular weight excluding hydrogens is 114 g/mol. The number of carbonyl (C=O) groups excluding carboxylic acids is 1. The molecule has 0 saturated heterocycles.